The molecule has 0 aromatic carbocycles. The Morgan fingerprint density at radius 3 is 1.87 bits per heavy atom. The van der Waals surface area contributed by atoms with Crippen molar-refractivity contribution in [2.75, 3.05) is 28.4 Å². The smallest absolute Gasteiger partial charge is 0.348 e. The number of methoxy groups -OCH3 is 4. The normalized spacial score (nSPS) is 13.9. The summed E-state index contributed by atoms with van der Waals surface area (Å²) in [7, 11) is 5.53. The molecule has 0 aromatic rings. The summed E-state index contributed by atoms with van der Waals surface area (Å²) in [6.45, 7) is 1.97. The maximum Gasteiger partial charge on any atom is 0.348 e. The molecule has 5 nitrogen and oxygen atoms in total. The van der Waals surface area contributed by atoms with Gasteiger partial charge >= 0.3 is 5.97 Å². The second-order valence-corrected chi connectivity index (χ2v) is 3.05. The number of ether oxygens (including phenoxy) is 4. The zero-order valence-electron chi connectivity index (χ0n) is 10.0. The van der Waals surface area contributed by atoms with Crippen molar-refractivity contribution < 1.29 is 23.7 Å². The molecule has 5 heteroatoms. The topological polar surface area (TPSA) is 54.0 Å². The summed E-state index contributed by atoms with van der Waals surface area (Å²) in [5.74, 6) is -2.02. The number of carbonyl (C=O) groups excluding carboxylic acids is 1. The van der Waals surface area contributed by atoms with Gasteiger partial charge in [0, 0.05) is 28.4 Å². The maximum atomic E-state index is 12.0. The molecule has 1 unspecified atom stereocenters. The summed E-state index contributed by atoms with van der Waals surface area (Å²) in [5.41, 5.74) is 0. The highest BCUT2D eigenvalue weighted by Gasteiger charge is 2.43. The Kier molecular flexibility index (Phi) is 6.67. The van der Waals surface area contributed by atoms with Crippen molar-refractivity contribution in [1.82, 2.24) is 0 Å². The van der Waals surface area contributed by atoms with E-state index in [4.69, 9.17) is 18.9 Å². The van der Waals surface area contributed by atoms with Gasteiger partial charge in [-0.25, -0.2) is 0 Å². The van der Waals surface area contributed by atoms with E-state index in [0.29, 0.717) is 6.42 Å². The van der Waals surface area contributed by atoms with Crippen molar-refractivity contribution in [1.29, 1.82) is 0 Å². The maximum absolute atomic E-state index is 12.0. The average molecular weight is 220 g/mol. The van der Waals surface area contributed by atoms with Crippen molar-refractivity contribution in [3.05, 3.63) is 0 Å². The number of hydrogen-bond acceptors (Lipinski definition) is 5. The highest BCUT2D eigenvalue weighted by Crippen LogP contribution is 2.19. The van der Waals surface area contributed by atoms with Crippen LogP contribution in [0.4, 0.5) is 0 Å². The van der Waals surface area contributed by atoms with Crippen LogP contribution in [0.3, 0.4) is 0 Å². The van der Waals surface area contributed by atoms with Gasteiger partial charge in [0.15, 0.2) is 0 Å². The first kappa shape index (κ1) is 14.5. The van der Waals surface area contributed by atoms with Crippen LogP contribution in [0.15, 0.2) is 0 Å². The Hall–Kier alpha value is -0.490. The minimum Gasteiger partial charge on any atom is -0.373 e. The number of ketones is 1. The molecule has 0 bridgehead atoms. The molecule has 0 aliphatic heterocycles. The van der Waals surface area contributed by atoms with Gasteiger partial charge in [0.05, 0.1) is 0 Å². The summed E-state index contributed by atoms with van der Waals surface area (Å²) in [4.78, 5) is 12.0. The van der Waals surface area contributed by atoms with Crippen LogP contribution in [0.25, 0.3) is 0 Å². The van der Waals surface area contributed by atoms with Crippen molar-refractivity contribution in [2.24, 2.45) is 0 Å². The SMILES string of the molecule is CCCC(OC)C(=O)C(OC)(OC)OC. The number of Topliss-reactive ketones (excluding diaryl/α,β-unsaturated/α-hetero) is 1. The highest BCUT2D eigenvalue weighted by molar-refractivity contribution is 5.88. The molecule has 90 valence electrons. The third-order valence-corrected chi connectivity index (χ3v) is 2.24. The fourth-order valence-corrected chi connectivity index (χ4v) is 1.37. The second-order valence-electron chi connectivity index (χ2n) is 3.05. The van der Waals surface area contributed by atoms with Crippen LogP contribution in [0.2, 0.25) is 0 Å². The lowest BCUT2D eigenvalue weighted by molar-refractivity contribution is -0.329. The molecule has 0 saturated carbocycles. The molecule has 0 aromatic heterocycles. The lowest BCUT2D eigenvalue weighted by atomic mass is 10.1. The largest absolute Gasteiger partial charge is 0.373 e. The third-order valence-electron chi connectivity index (χ3n) is 2.24. The molecule has 0 radical (unpaired) electrons. The number of hydrogen-bond donors (Lipinski definition) is 0. The van der Waals surface area contributed by atoms with Gasteiger partial charge in [-0.2, -0.15) is 0 Å². The molecular weight excluding hydrogens is 200 g/mol. The van der Waals surface area contributed by atoms with Crippen molar-refractivity contribution >= 4 is 5.78 Å². The Morgan fingerprint density at radius 1 is 1.13 bits per heavy atom. The first-order valence-electron chi connectivity index (χ1n) is 4.84. The molecule has 0 spiro atoms. The minimum absolute atomic E-state index is 0.362. The van der Waals surface area contributed by atoms with Gasteiger partial charge in [0.25, 0.3) is 0 Å². The lowest BCUT2D eigenvalue weighted by Gasteiger charge is -2.29. The van der Waals surface area contributed by atoms with E-state index in [-0.39, 0.29) is 5.78 Å². The lowest BCUT2D eigenvalue weighted by Crippen LogP contribution is -2.50. The molecule has 0 amide bonds. The van der Waals surface area contributed by atoms with Crippen LogP contribution in [-0.2, 0) is 23.7 Å². The van der Waals surface area contributed by atoms with Crippen LogP contribution in [0.1, 0.15) is 19.8 Å². The van der Waals surface area contributed by atoms with Crippen molar-refractivity contribution in [3.8, 4) is 0 Å². The molecule has 0 heterocycles. The van der Waals surface area contributed by atoms with E-state index in [1.807, 2.05) is 6.92 Å². The summed E-state index contributed by atoms with van der Waals surface area (Å²) >= 11 is 0. The molecule has 0 aliphatic rings. The number of rotatable bonds is 8. The summed E-state index contributed by atoms with van der Waals surface area (Å²) in [5, 5.41) is 0. The highest BCUT2D eigenvalue weighted by atomic mass is 16.9. The predicted molar refractivity (Wildman–Crippen MR) is 54.5 cm³/mol. The molecule has 0 saturated heterocycles. The standard InChI is InChI=1S/C10H20O5/c1-6-7-8(12-2)9(11)10(13-3,14-4)15-5/h8H,6-7H2,1-5H3. The first-order valence-corrected chi connectivity index (χ1v) is 4.84. The molecule has 0 aliphatic carbocycles. The Bertz CT molecular complexity index is 180. The molecule has 0 N–H and O–H groups in total. The zero-order chi connectivity index (χ0) is 11.9. The van der Waals surface area contributed by atoms with Crippen LogP contribution in [0, 0.1) is 0 Å². The van der Waals surface area contributed by atoms with Gasteiger partial charge in [-0.3, -0.25) is 4.79 Å². The van der Waals surface area contributed by atoms with Crippen LogP contribution >= 0.6 is 0 Å². The van der Waals surface area contributed by atoms with E-state index < -0.39 is 12.1 Å². The fraction of sp³-hybridized carbons (Fsp3) is 0.900. The van der Waals surface area contributed by atoms with E-state index in [2.05, 4.69) is 0 Å². The Morgan fingerprint density at radius 2 is 1.60 bits per heavy atom. The first-order chi connectivity index (χ1) is 7.11. The van der Waals surface area contributed by atoms with Crippen LogP contribution in [-0.4, -0.2) is 46.3 Å². The van der Waals surface area contributed by atoms with Gasteiger partial charge in [0.1, 0.15) is 6.10 Å². The molecule has 0 rings (SSSR count). The van der Waals surface area contributed by atoms with Gasteiger partial charge in [0.2, 0.25) is 5.78 Å². The van der Waals surface area contributed by atoms with Crippen molar-refractivity contribution in [2.45, 2.75) is 31.8 Å². The molecule has 0 fully saturated rings. The Labute approximate surface area is 90.6 Å². The average Bonchev–Trinajstić information content (AvgIpc) is 2.28. The monoisotopic (exact) mass is 220 g/mol. The molecule has 1 atom stereocenters. The summed E-state index contributed by atoms with van der Waals surface area (Å²) in [6.07, 6.45) is 0.861. The summed E-state index contributed by atoms with van der Waals surface area (Å²) in [6, 6.07) is 0. The van der Waals surface area contributed by atoms with E-state index in [0.717, 1.165) is 6.42 Å². The van der Waals surface area contributed by atoms with E-state index in [9.17, 15) is 4.79 Å². The quantitative estimate of drug-likeness (QED) is 0.570. The zero-order valence-corrected chi connectivity index (χ0v) is 10.0. The second kappa shape index (κ2) is 6.90. The predicted octanol–water partition coefficient (Wildman–Crippen LogP) is 0.964. The number of carbonyl (C=O) groups is 1. The van der Waals surface area contributed by atoms with Gasteiger partial charge in [-0.05, 0) is 6.42 Å². The van der Waals surface area contributed by atoms with Gasteiger partial charge < -0.3 is 18.9 Å². The van der Waals surface area contributed by atoms with Gasteiger partial charge in [-0.1, -0.05) is 13.3 Å². The van der Waals surface area contributed by atoms with Crippen molar-refractivity contribution in [3.63, 3.8) is 0 Å². The van der Waals surface area contributed by atoms with Gasteiger partial charge in [-0.15, -0.1) is 0 Å². The summed E-state index contributed by atoms with van der Waals surface area (Å²) < 4.78 is 19.9. The van der Waals surface area contributed by atoms with E-state index >= 15 is 0 Å². The Balaban J connectivity index is 4.74. The molecular formula is C10H20O5. The van der Waals surface area contributed by atoms with Crippen LogP contribution < -0.4 is 0 Å². The fourth-order valence-electron chi connectivity index (χ4n) is 1.37. The third kappa shape index (κ3) is 3.24. The van der Waals surface area contributed by atoms with E-state index in [1.165, 1.54) is 28.4 Å². The van der Waals surface area contributed by atoms with E-state index in [1.54, 1.807) is 0 Å². The molecule has 15 heavy (non-hydrogen) atoms. The minimum atomic E-state index is -1.66. The van der Waals surface area contributed by atoms with Crippen LogP contribution in [0.5, 0.6) is 0 Å².